The van der Waals surface area contributed by atoms with E-state index in [0.29, 0.717) is 17.9 Å². The first-order valence-corrected chi connectivity index (χ1v) is 9.85. The molecule has 0 radical (unpaired) electrons. The number of halogens is 1. The van der Waals surface area contributed by atoms with Gasteiger partial charge in [0.2, 0.25) is 10.0 Å². The summed E-state index contributed by atoms with van der Waals surface area (Å²) < 4.78 is 27.0. The molecule has 0 aliphatic rings. The topological polar surface area (TPSA) is 89.3 Å². The van der Waals surface area contributed by atoms with E-state index in [1.807, 2.05) is 31.2 Å². The molecule has 0 spiro atoms. The summed E-state index contributed by atoms with van der Waals surface area (Å²) in [5, 5.41) is 11.4. The molecule has 26 heavy (non-hydrogen) atoms. The summed E-state index contributed by atoms with van der Waals surface area (Å²) in [6, 6.07) is 12.5. The van der Waals surface area contributed by atoms with Crippen molar-refractivity contribution in [2.75, 3.05) is 6.54 Å². The lowest BCUT2D eigenvalue weighted by Gasteiger charge is -2.09. The van der Waals surface area contributed by atoms with E-state index in [9.17, 15) is 18.5 Å². The van der Waals surface area contributed by atoms with Gasteiger partial charge in [-0.05, 0) is 49.1 Å². The Bertz CT molecular complexity index is 926. The van der Waals surface area contributed by atoms with E-state index in [1.165, 1.54) is 18.2 Å². The quantitative estimate of drug-likeness (QED) is 0.408. The van der Waals surface area contributed by atoms with Crippen LogP contribution in [-0.4, -0.2) is 19.9 Å². The average molecular weight is 395 g/mol. The Morgan fingerprint density at radius 3 is 2.62 bits per heavy atom. The minimum atomic E-state index is -3.79. The number of rotatable bonds is 8. The van der Waals surface area contributed by atoms with Crippen molar-refractivity contribution >= 4 is 32.9 Å². The maximum Gasteiger partial charge on any atom is 0.270 e. The van der Waals surface area contributed by atoms with E-state index >= 15 is 0 Å². The maximum atomic E-state index is 12.3. The van der Waals surface area contributed by atoms with Crippen LogP contribution in [-0.2, 0) is 10.0 Å². The molecule has 0 heterocycles. The third kappa shape index (κ3) is 5.39. The molecular formula is C18H19ClN2O4S. The molecule has 2 rings (SSSR count). The molecule has 2 aromatic carbocycles. The molecule has 1 N–H and O–H groups in total. The Balaban J connectivity index is 1.96. The molecule has 138 valence electrons. The fourth-order valence-corrected chi connectivity index (χ4v) is 3.78. The van der Waals surface area contributed by atoms with Gasteiger partial charge in [0.15, 0.2) is 0 Å². The lowest BCUT2D eigenvalue weighted by atomic mass is 10.0. The lowest BCUT2D eigenvalue weighted by Crippen LogP contribution is -2.24. The first kappa shape index (κ1) is 20.1. The molecule has 6 nitrogen and oxygen atoms in total. The van der Waals surface area contributed by atoms with Crippen LogP contribution in [0.2, 0.25) is 5.02 Å². The van der Waals surface area contributed by atoms with Gasteiger partial charge in [0.05, 0.1) is 9.82 Å². The van der Waals surface area contributed by atoms with Crippen molar-refractivity contribution in [3.63, 3.8) is 0 Å². The van der Waals surface area contributed by atoms with Crippen molar-refractivity contribution in [1.29, 1.82) is 0 Å². The number of hydrogen-bond acceptors (Lipinski definition) is 4. The molecule has 0 atom stereocenters. The van der Waals surface area contributed by atoms with Crippen LogP contribution in [0.4, 0.5) is 5.69 Å². The second-order valence-electron chi connectivity index (χ2n) is 5.58. The molecular weight excluding hydrogens is 376 g/mol. The minimum absolute atomic E-state index is 0.118. The number of allylic oxidation sites excluding steroid dienone is 2. The fourth-order valence-electron chi connectivity index (χ4n) is 2.48. The van der Waals surface area contributed by atoms with E-state index in [-0.39, 0.29) is 17.1 Å². The number of nitro groups is 1. The summed E-state index contributed by atoms with van der Waals surface area (Å²) in [5.74, 6) is 0. The van der Waals surface area contributed by atoms with Crippen molar-refractivity contribution in [3.05, 3.63) is 75.3 Å². The summed E-state index contributed by atoms with van der Waals surface area (Å²) in [7, 11) is -3.79. The fraction of sp³-hybridized carbons (Fsp3) is 0.222. The zero-order valence-electron chi connectivity index (χ0n) is 14.2. The van der Waals surface area contributed by atoms with E-state index in [0.717, 1.165) is 17.2 Å². The molecule has 0 bridgehead atoms. The number of benzene rings is 2. The van der Waals surface area contributed by atoms with Crippen LogP contribution in [0.1, 0.15) is 25.3 Å². The van der Waals surface area contributed by atoms with Gasteiger partial charge in [-0.1, -0.05) is 35.9 Å². The molecule has 8 heteroatoms. The zero-order valence-corrected chi connectivity index (χ0v) is 15.8. The van der Waals surface area contributed by atoms with Gasteiger partial charge in [0, 0.05) is 23.7 Å². The third-order valence-electron chi connectivity index (χ3n) is 3.80. The van der Waals surface area contributed by atoms with Crippen molar-refractivity contribution in [2.24, 2.45) is 0 Å². The average Bonchev–Trinajstić information content (AvgIpc) is 2.62. The molecule has 2 aromatic rings. The summed E-state index contributed by atoms with van der Waals surface area (Å²) in [6.45, 7) is 2.15. The second-order valence-corrected chi connectivity index (χ2v) is 7.78. The number of non-ortho nitro benzene ring substituents is 1. The highest BCUT2D eigenvalue weighted by Crippen LogP contribution is 2.23. The third-order valence-corrected chi connectivity index (χ3v) is 5.49. The summed E-state index contributed by atoms with van der Waals surface area (Å²) in [6.07, 6.45) is 3.23. The Morgan fingerprint density at radius 1 is 1.23 bits per heavy atom. The molecule has 0 saturated carbocycles. The van der Waals surface area contributed by atoms with Crippen molar-refractivity contribution in [2.45, 2.75) is 24.7 Å². The normalized spacial score (nSPS) is 12.2. The number of nitro benzene ring substituents is 1. The predicted molar refractivity (Wildman–Crippen MR) is 103 cm³/mol. The minimum Gasteiger partial charge on any atom is -0.258 e. The van der Waals surface area contributed by atoms with Crippen LogP contribution >= 0.6 is 11.6 Å². The van der Waals surface area contributed by atoms with Crippen molar-refractivity contribution in [1.82, 2.24) is 4.72 Å². The Hall–Kier alpha value is -2.22. The Kier molecular flexibility index (Phi) is 6.90. The van der Waals surface area contributed by atoms with Crippen LogP contribution in [0.15, 0.2) is 59.5 Å². The van der Waals surface area contributed by atoms with E-state index in [1.54, 1.807) is 6.07 Å². The maximum absolute atomic E-state index is 12.3. The van der Waals surface area contributed by atoms with Crippen molar-refractivity contribution in [3.8, 4) is 0 Å². The van der Waals surface area contributed by atoms with Gasteiger partial charge in [0.1, 0.15) is 0 Å². The standard InChI is InChI=1S/C18H19ClN2O4S/c1-2-14(15-6-3-8-16(19)12-15)7-5-11-20-26(24,25)18-10-4-9-17(13-18)21(22)23/h2-4,6,8-10,12-13,20H,5,7,11H2,1H3/b14-2-. The molecule has 0 aromatic heterocycles. The van der Waals surface area contributed by atoms with Crippen LogP contribution in [0, 0.1) is 10.1 Å². The van der Waals surface area contributed by atoms with Crippen LogP contribution < -0.4 is 4.72 Å². The van der Waals surface area contributed by atoms with E-state index in [2.05, 4.69) is 4.72 Å². The van der Waals surface area contributed by atoms with Gasteiger partial charge >= 0.3 is 0 Å². The molecule has 0 aliphatic carbocycles. The molecule has 0 fully saturated rings. The molecule has 0 aliphatic heterocycles. The number of hydrogen-bond donors (Lipinski definition) is 1. The van der Waals surface area contributed by atoms with Gasteiger partial charge < -0.3 is 0 Å². The molecule has 0 saturated heterocycles. The van der Waals surface area contributed by atoms with Gasteiger partial charge in [-0.15, -0.1) is 0 Å². The highest BCUT2D eigenvalue weighted by Gasteiger charge is 2.17. The first-order valence-electron chi connectivity index (χ1n) is 7.99. The highest BCUT2D eigenvalue weighted by molar-refractivity contribution is 7.89. The van der Waals surface area contributed by atoms with Gasteiger partial charge in [-0.3, -0.25) is 10.1 Å². The summed E-state index contributed by atoms with van der Waals surface area (Å²) >= 11 is 6.00. The van der Waals surface area contributed by atoms with Crippen LogP contribution in [0.3, 0.4) is 0 Å². The summed E-state index contributed by atoms with van der Waals surface area (Å²) in [5.41, 5.74) is 1.81. The molecule has 0 unspecified atom stereocenters. The lowest BCUT2D eigenvalue weighted by molar-refractivity contribution is -0.385. The largest absolute Gasteiger partial charge is 0.270 e. The highest BCUT2D eigenvalue weighted by atomic mass is 35.5. The van der Waals surface area contributed by atoms with Crippen molar-refractivity contribution < 1.29 is 13.3 Å². The van der Waals surface area contributed by atoms with E-state index < -0.39 is 14.9 Å². The zero-order chi connectivity index (χ0) is 19.2. The SMILES string of the molecule is C/C=C(/CCCNS(=O)(=O)c1cccc([N+](=O)[O-])c1)c1cccc(Cl)c1. The van der Waals surface area contributed by atoms with Gasteiger partial charge in [-0.25, -0.2) is 13.1 Å². The monoisotopic (exact) mass is 394 g/mol. The smallest absolute Gasteiger partial charge is 0.258 e. The summed E-state index contributed by atoms with van der Waals surface area (Å²) in [4.78, 5) is 10.0. The first-order chi connectivity index (χ1) is 12.3. The number of sulfonamides is 1. The van der Waals surface area contributed by atoms with Gasteiger partial charge in [0.25, 0.3) is 5.69 Å². The Morgan fingerprint density at radius 2 is 1.96 bits per heavy atom. The van der Waals surface area contributed by atoms with Crippen LogP contribution in [0.25, 0.3) is 5.57 Å². The second kappa shape index (κ2) is 8.93. The van der Waals surface area contributed by atoms with Crippen LogP contribution in [0.5, 0.6) is 0 Å². The Labute approximate surface area is 157 Å². The van der Waals surface area contributed by atoms with E-state index in [4.69, 9.17) is 11.6 Å². The molecule has 0 amide bonds. The van der Waals surface area contributed by atoms with Gasteiger partial charge in [-0.2, -0.15) is 0 Å². The predicted octanol–water partition coefficient (Wildman–Crippen LogP) is 4.41. The number of nitrogens with zero attached hydrogens (tertiary/aromatic N) is 1. The number of nitrogens with one attached hydrogen (secondary N) is 1.